The fraction of sp³-hybridized carbons (Fsp3) is 0.417. The number of nitrogens with zero attached hydrogens (tertiary/aromatic N) is 1. The van der Waals surface area contributed by atoms with Crippen molar-refractivity contribution < 1.29 is 0 Å². The van der Waals surface area contributed by atoms with E-state index >= 15 is 0 Å². The van der Waals surface area contributed by atoms with Gasteiger partial charge in [-0.3, -0.25) is 5.01 Å². The van der Waals surface area contributed by atoms with Crippen molar-refractivity contribution in [2.45, 2.75) is 33.2 Å². The largest absolute Gasteiger partial charge is 0.295 e. The van der Waals surface area contributed by atoms with Crippen LogP contribution in [0.4, 0.5) is 0 Å². The van der Waals surface area contributed by atoms with Crippen molar-refractivity contribution in [3.63, 3.8) is 0 Å². The standard InChI is InChI=1S/C12H18N2S/c1-9-5-7-10(8-6-9)11(15)14(13)12(2,3)4/h5-8H,13H2,1-4H3. The second-order valence-corrected chi connectivity index (χ2v) is 5.10. The van der Waals surface area contributed by atoms with Gasteiger partial charge in [-0.2, -0.15) is 0 Å². The maximum atomic E-state index is 5.96. The minimum absolute atomic E-state index is 0.151. The van der Waals surface area contributed by atoms with E-state index in [1.54, 1.807) is 5.01 Å². The van der Waals surface area contributed by atoms with Gasteiger partial charge in [-0.05, 0) is 27.7 Å². The molecular formula is C12H18N2S. The van der Waals surface area contributed by atoms with Crippen LogP contribution >= 0.6 is 12.2 Å². The molecule has 0 fully saturated rings. The molecule has 15 heavy (non-hydrogen) atoms. The second kappa shape index (κ2) is 4.29. The highest BCUT2D eigenvalue weighted by atomic mass is 32.1. The molecule has 2 nitrogen and oxygen atoms in total. The Morgan fingerprint density at radius 1 is 1.20 bits per heavy atom. The second-order valence-electron chi connectivity index (χ2n) is 4.71. The predicted octanol–water partition coefficient (Wildman–Crippen LogP) is 2.64. The Hall–Kier alpha value is -0.930. The molecule has 0 saturated heterocycles. The smallest absolute Gasteiger partial charge is 0.123 e. The summed E-state index contributed by atoms with van der Waals surface area (Å²) in [5.74, 6) is 5.96. The summed E-state index contributed by atoms with van der Waals surface area (Å²) in [5.41, 5.74) is 2.07. The lowest BCUT2D eigenvalue weighted by molar-refractivity contribution is 0.248. The van der Waals surface area contributed by atoms with E-state index in [0.717, 1.165) is 5.56 Å². The van der Waals surface area contributed by atoms with E-state index in [0.29, 0.717) is 4.99 Å². The Morgan fingerprint density at radius 2 is 1.67 bits per heavy atom. The van der Waals surface area contributed by atoms with Crippen molar-refractivity contribution in [2.24, 2.45) is 5.84 Å². The first-order valence-corrected chi connectivity index (χ1v) is 5.39. The van der Waals surface area contributed by atoms with Crippen LogP contribution in [0, 0.1) is 6.92 Å². The monoisotopic (exact) mass is 222 g/mol. The molecular weight excluding hydrogens is 204 g/mol. The molecule has 0 bridgehead atoms. The van der Waals surface area contributed by atoms with Crippen molar-refractivity contribution in [3.05, 3.63) is 35.4 Å². The maximum Gasteiger partial charge on any atom is 0.123 e. The first-order valence-electron chi connectivity index (χ1n) is 4.98. The number of thiocarbonyl (C=S) groups is 1. The van der Waals surface area contributed by atoms with Crippen molar-refractivity contribution in [2.75, 3.05) is 0 Å². The zero-order valence-electron chi connectivity index (χ0n) is 9.74. The molecule has 82 valence electrons. The average molecular weight is 222 g/mol. The molecule has 1 aromatic rings. The lowest BCUT2D eigenvalue weighted by Gasteiger charge is -2.33. The molecule has 3 heteroatoms. The lowest BCUT2D eigenvalue weighted by atomic mass is 10.1. The van der Waals surface area contributed by atoms with Gasteiger partial charge in [0.25, 0.3) is 0 Å². The minimum Gasteiger partial charge on any atom is -0.295 e. The van der Waals surface area contributed by atoms with Crippen molar-refractivity contribution in [3.8, 4) is 0 Å². The van der Waals surface area contributed by atoms with Gasteiger partial charge in [0.05, 0.1) is 0 Å². The summed E-state index contributed by atoms with van der Waals surface area (Å²) in [6, 6.07) is 8.09. The van der Waals surface area contributed by atoms with Crippen LogP contribution in [0.15, 0.2) is 24.3 Å². The molecule has 0 saturated carbocycles. The van der Waals surface area contributed by atoms with E-state index < -0.39 is 0 Å². The third-order valence-corrected chi connectivity index (χ3v) is 2.67. The van der Waals surface area contributed by atoms with Gasteiger partial charge < -0.3 is 0 Å². The van der Waals surface area contributed by atoms with E-state index in [1.807, 2.05) is 45.0 Å². The van der Waals surface area contributed by atoms with E-state index in [2.05, 4.69) is 6.92 Å². The fourth-order valence-electron chi connectivity index (χ4n) is 1.14. The molecule has 0 spiro atoms. The maximum absolute atomic E-state index is 5.96. The summed E-state index contributed by atoms with van der Waals surface area (Å²) in [6.07, 6.45) is 0. The molecule has 0 aromatic heterocycles. The van der Waals surface area contributed by atoms with E-state index in [1.165, 1.54) is 5.56 Å². The normalized spacial score (nSPS) is 11.3. The highest BCUT2D eigenvalue weighted by molar-refractivity contribution is 7.80. The van der Waals surface area contributed by atoms with Gasteiger partial charge in [-0.25, -0.2) is 5.84 Å². The van der Waals surface area contributed by atoms with Crippen LogP contribution in [0.25, 0.3) is 0 Å². The molecule has 0 heterocycles. The minimum atomic E-state index is -0.151. The Labute approximate surface area is 97.0 Å². The highest BCUT2D eigenvalue weighted by Gasteiger charge is 2.21. The third kappa shape index (κ3) is 3.01. The summed E-state index contributed by atoms with van der Waals surface area (Å²) in [6.45, 7) is 8.16. The lowest BCUT2D eigenvalue weighted by Crippen LogP contribution is -2.50. The molecule has 0 aliphatic heterocycles. The van der Waals surface area contributed by atoms with Gasteiger partial charge in [0.1, 0.15) is 4.99 Å². The SMILES string of the molecule is Cc1ccc(C(=S)N(N)C(C)(C)C)cc1. The number of hydrazine groups is 1. The van der Waals surface area contributed by atoms with Crippen LogP contribution < -0.4 is 5.84 Å². The quantitative estimate of drug-likeness (QED) is 0.450. The average Bonchev–Trinajstić information content (AvgIpc) is 2.15. The van der Waals surface area contributed by atoms with Crippen LogP contribution in [0.2, 0.25) is 0 Å². The van der Waals surface area contributed by atoms with E-state index in [4.69, 9.17) is 18.1 Å². The van der Waals surface area contributed by atoms with Gasteiger partial charge in [-0.15, -0.1) is 0 Å². The van der Waals surface area contributed by atoms with Crippen LogP contribution in [-0.2, 0) is 0 Å². The molecule has 0 amide bonds. The molecule has 0 unspecified atom stereocenters. The van der Waals surface area contributed by atoms with Crippen molar-refractivity contribution in [1.82, 2.24) is 5.01 Å². The fourth-order valence-corrected chi connectivity index (χ4v) is 1.55. The molecule has 0 radical (unpaired) electrons. The molecule has 1 aromatic carbocycles. The molecule has 1 rings (SSSR count). The number of aryl methyl sites for hydroxylation is 1. The van der Waals surface area contributed by atoms with E-state index in [-0.39, 0.29) is 5.54 Å². The summed E-state index contributed by atoms with van der Waals surface area (Å²) in [4.78, 5) is 0.683. The number of hydrogen-bond donors (Lipinski definition) is 1. The van der Waals surface area contributed by atoms with Crippen molar-refractivity contribution in [1.29, 1.82) is 0 Å². The summed E-state index contributed by atoms with van der Waals surface area (Å²) < 4.78 is 0. The molecule has 0 atom stereocenters. The van der Waals surface area contributed by atoms with Gasteiger partial charge in [0.2, 0.25) is 0 Å². The number of rotatable bonds is 1. The molecule has 0 aliphatic rings. The summed E-state index contributed by atoms with van der Waals surface area (Å²) >= 11 is 5.34. The zero-order chi connectivity index (χ0) is 11.6. The number of benzene rings is 1. The first kappa shape index (κ1) is 12.1. The Bertz CT molecular complexity index is 349. The van der Waals surface area contributed by atoms with Gasteiger partial charge in [0, 0.05) is 11.1 Å². The van der Waals surface area contributed by atoms with Gasteiger partial charge >= 0.3 is 0 Å². The van der Waals surface area contributed by atoms with Crippen LogP contribution in [-0.4, -0.2) is 15.5 Å². The first-order chi connectivity index (χ1) is 6.82. The van der Waals surface area contributed by atoms with E-state index in [9.17, 15) is 0 Å². The number of hydrogen-bond acceptors (Lipinski definition) is 2. The van der Waals surface area contributed by atoms with Crippen LogP contribution in [0.3, 0.4) is 0 Å². The van der Waals surface area contributed by atoms with Crippen molar-refractivity contribution >= 4 is 17.2 Å². The Kier molecular flexibility index (Phi) is 3.47. The van der Waals surface area contributed by atoms with Gasteiger partial charge in [0.15, 0.2) is 0 Å². The summed E-state index contributed by atoms with van der Waals surface area (Å²) in [5, 5.41) is 1.63. The molecule has 2 N–H and O–H groups in total. The summed E-state index contributed by atoms with van der Waals surface area (Å²) in [7, 11) is 0. The molecule has 0 aliphatic carbocycles. The topological polar surface area (TPSA) is 29.3 Å². The predicted molar refractivity (Wildman–Crippen MR) is 68.7 cm³/mol. The van der Waals surface area contributed by atoms with Crippen LogP contribution in [0.5, 0.6) is 0 Å². The Morgan fingerprint density at radius 3 is 2.07 bits per heavy atom. The zero-order valence-corrected chi connectivity index (χ0v) is 10.6. The van der Waals surface area contributed by atoms with Gasteiger partial charge in [-0.1, -0.05) is 42.0 Å². The highest BCUT2D eigenvalue weighted by Crippen LogP contribution is 2.14. The number of nitrogens with two attached hydrogens (primary N) is 1. The third-order valence-electron chi connectivity index (χ3n) is 2.24. The Balaban J connectivity index is 2.90. The van der Waals surface area contributed by atoms with Crippen LogP contribution in [0.1, 0.15) is 31.9 Å².